The molecule has 0 aliphatic carbocycles. The van der Waals surface area contributed by atoms with Gasteiger partial charge in [0, 0.05) is 11.6 Å². The number of hydrogen-bond acceptors (Lipinski definition) is 3. The molecule has 3 nitrogen and oxygen atoms in total. The largest absolute Gasteiger partial charge is 0.506 e. The molecule has 2 aromatic rings. The average molecular weight is 160 g/mol. The zero-order chi connectivity index (χ0) is 8.55. The average Bonchev–Trinajstić information content (AvgIpc) is 2.07. The molecule has 0 aliphatic rings. The molecule has 0 bridgehead atoms. The van der Waals surface area contributed by atoms with Crippen molar-refractivity contribution in [3.05, 3.63) is 30.2 Å². The fraction of sp³-hybridized carbons (Fsp3) is 0.111. The second-order valence-electron chi connectivity index (χ2n) is 2.66. The summed E-state index contributed by atoms with van der Waals surface area (Å²) in [6, 6.07) is 3.51. The van der Waals surface area contributed by atoms with Gasteiger partial charge in [-0.1, -0.05) is 0 Å². The Morgan fingerprint density at radius 3 is 3.08 bits per heavy atom. The number of aromatic hydroxyl groups is 1. The first-order valence-corrected chi connectivity index (χ1v) is 3.68. The quantitative estimate of drug-likeness (QED) is 0.637. The number of hydrogen-bond donors (Lipinski definition) is 1. The number of aryl methyl sites for hydroxylation is 1. The number of aromatic nitrogens is 2. The monoisotopic (exact) mass is 160 g/mol. The Morgan fingerprint density at radius 1 is 1.42 bits per heavy atom. The van der Waals surface area contributed by atoms with Crippen LogP contribution >= 0.6 is 0 Å². The van der Waals surface area contributed by atoms with Crippen LogP contribution in [0, 0.1) is 6.92 Å². The van der Waals surface area contributed by atoms with Gasteiger partial charge in [-0.25, -0.2) is 4.98 Å². The summed E-state index contributed by atoms with van der Waals surface area (Å²) in [4.78, 5) is 8.10. The standard InChI is InChI=1S/C9H8N2O/c1-6-9(12)4-7-2-3-10-5-8(7)11-6/h2-5,12H,1H3. The lowest BCUT2D eigenvalue weighted by Crippen LogP contribution is -1.84. The van der Waals surface area contributed by atoms with Crippen LogP contribution in [0.25, 0.3) is 10.9 Å². The topological polar surface area (TPSA) is 46.0 Å². The summed E-state index contributed by atoms with van der Waals surface area (Å²) in [5.41, 5.74) is 1.45. The van der Waals surface area contributed by atoms with E-state index in [1.54, 1.807) is 25.4 Å². The van der Waals surface area contributed by atoms with Crippen molar-refractivity contribution in [3.63, 3.8) is 0 Å². The van der Waals surface area contributed by atoms with Crippen molar-refractivity contribution < 1.29 is 5.11 Å². The lowest BCUT2D eigenvalue weighted by Gasteiger charge is -1.99. The van der Waals surface area contributed by atoms with Crippen LogP contribution < -0.4 is 0 Å². The van der Waals surface area contributed by atoms with Crippen molar-refractivity contribution in [1.29, 1.82) is 0 Å². The van der Waals surface area contributed by atoms with E-state index in [4.69, 9.17) is 0 Å². The van der Waals surface area contributed by atoms with Crippen LogP contribution in [-0.2, 0) is 0 Å². The molecule has 0 spiro atoms. The number of nitrogens with zero attached hydrogens (tertiary/aromatic N) is 2. The lowest BCUT2D eigenvalue weighted by atomic mass is 10.2. The Balaban J connectivity index is 2.84. The van der Waals surface area contributed by atoms with E-state index in [9.17, 15) is 5.11 Å². The fourth-order valence-electron chi connectivity index (χ4n) is 1.10. The normalized spacial score (nSPS) is 10.4. The molecule has 0 saturated heterocycles. The van der Waals surface area contributed by atoms with E-state index in [2.05, 4.69) is 9.97 Å². The predicted octanol–water partition coefficient (Wildman–Crippen LogP) is 1.64. The Labute approximate surface area is 69.7 Å². The molecule has 2 aromatic heterocycles. The summed E-state index contributed by atoms with van der Waals surface area (Å²) >= 11 is 0. The maximum absolute atomic E-state index is 9.33. The van der Waals surface area contributed by atoms with Crippen molar-refractivity contribution in [2.24, 2.45) is 0 Å². The number of rotatable bonds is 0. The van der Waals surface area contributed by atoms with Crippen molar-refractivity contribution in [2.45, 2.75) is 6.92 Å². The van der Waals surface area contributed by atoms with Gasteiger partial charge in [-0.2, -0.15) is 0 Å². The van der Waals surface area contributed by atoms with Gasteiger partial charge in [0.15, 0.2) is 0 Å². The molecule has 0 unspecified atom stereocenters. The summed E-state index contributed by atoms with van der Waals surface area (Å²) in [5.74, 6) is 0.230. The van der Waals surface area contributed by atoms with E-state index >= 15 is 0 Å². The Morgan fingerprint density at radius 2 is 2.25 bits per heavy atom. The zero-order valence-corrected chi connectivity index (χ0v) is 6.65. The second-order valence-corrected chi connectivity index (χ2v) is 2.66. The molecule has 0 atom stereocenters. The smallest absolute Gasteiger partial charge is 0.137 e. The first-order valence-electron chi connectivity index (χ1n) is 3.68. The van der Waals surface area contributed by atoms with Crippen molar-refractivity contribution in [2.75, 3.05) is 0 Å². The first-order chi connectivity index (χ1) is 5.77. The molecule has 0 saturated carbocycles. The molecule has 0 fully saturated rings. The third-order valence-electron chi connectivity index (χ3n) is 1.78. The molecular formula is C9H8N2O. The highest BCUT2D eigenvalue weighted by Crippen LogP contribution is 2.19. The zero-order valence-electron chi connectivity index (χ0n) is 6.65. The van der Waals surface area contributed by atoms with Gasteiger partial charge >= 0.3 is 0 Å². The van der Waals surface area contributed by atoms with Gasteiger partial charge < -0.3 is 5.11 Å². The lowest BCUT2D eigenvalue weighted by molar-refractivity contribution is 0.469. The van der Waals surface area contributed by atoms with Crippen molar-refractivity contribution in [1.82, 2.24) is 9.97 Å². The molecule has 2 rings (SSSR count). The summed E-state index contributed by atoms with van der Waals surface area (Å²) in [5, 5.41) is 10.2. The fourth-order valence-corrected chi connectivity index (χ4v) is 1.10. The highest BCUT2D eigenvalue weighted by molar-refractivity contribution is 5.79. The second kappa shape index (κ2) is 2.44. The van der Waals surface area contributed by atoms with Gasteiger partial charge in [0.1, 0.15) is 5.75 Å². The SMILES string of the molecule is Cc1nc2cnccc2cc1O. The van der Waals surface area contributed by atoms with Gasteiger partial charge in [0.2, 0.25) is 0 Å². The maximum Gasteiger partial charge on any atom is 0.137 e. The van der Waals surface area contributed by atoms with Crippen LogP contribution in [0.5, 0.6) is 5.75 Å². The van der Waals surface area contributed by atoms with Gasteiger partial charge in [0.25, 0.3) is 0 Å². The molecule has 0 radical (unpaired) electrons. The molecular weight excluding hydrogens is 152 g/mol. The van der Waals surface area contributed by atoms with Gasteiger partial charge in [-0.15, -0.1) is 0 Å². The molecule has 60 valence electrons. The van der Waals surface area contributed by atoms with E-state index in [1.807, 2.05) is 6.07 Å². The van der Waals surface area contributed by atoms with E-state index in [0.717, 1.165) is 10.9 Å². The molecule has 2 heterocycles. The summed E-state index contributed by atoms with van der Waals surface area (Å²) < 4.78 is 0. The Hall–Kier alpha value is -1.64. The van der Waals surface area contributed by atoms with E-state index in [0.29, 0.717) is 5.69 Å². The molecule has 0 aromatic carbocycles. The highest BCUT2D eigenvalue weighted by Gasteiger charge is 1.99. The minimum absolute atomic E-state index is 0.230. The predicted molar refractivity (Wildman–Crippen MR) is 45.9 cm³/mol. The maximum atomic E-state index is 9.33. The van der Waals surface area contributed by atoms with Crippen LogP contribution in [0.2, 0.25) is 0 Å². The molecule has 1 N–H and O–H groups in total. The first kappa shape index (κ1) is 7.03. The van der Waals surface area contributed by atoms with Crippen molar-refractivity contribution in [3.8, 4) is 5.75 Å². The third kappa shape index (κ3) is 0.993. The minimum atomic E-state index is 0.230. The number of fused-ring (bicyclic) bond motifs is 1. The summed E-state index contributed by atoms with van der Waals surface area (Å²) in [7, 11) is 0. The van der Waals surface area contributed by atoms with E-state index < -0.39 is 0 Å². The highest BCUT2D eigenvalue weighted by atomic mass is 16.3. The van der Waals surface area contributed by atoms with Crippen LogP contribution in [0.4, 0.5) is 0 Å². The summed E-state index contributed by atoms with van der Waals surface area (Å²) in [6.07, 6.45) is 3.36. The summed E-state index contributed by atoms with van der Waals surface area (Å²) in [6.45, 7) is 1.77. The Bertz CT molecular complexity index is 385. The van der Waals surface area contributed by atoms with E-state index in [-0.39, 0.29) is 5.75 Å². The van der Waals surface area contributed by atoms with Crippen LogP contribution in [0.15, 0.2) is 24.5 Å². The molecule has 3 heteroatoms. The minimum Gasteiger partial charge on any atom is -0.506 e. The van der Waals surface area contributed by atoms with Crippen LogP contribution in [0.1, 0.15) is 5.69 Å². The Kier molecular flexibility index (Phi) is 1.43. The van der Waals surface area contributed by atoms with Gasteiger partial charge in [-0.3, -0.25) is 4.98 Å². The number of pyridine rings is 2. The van der Waals surface area contributed by atoms with Gasteiger partial charge in [0.05, 0.1) is 17.4 Å². The van der Waals surface area contributed by atoms with Crippen LogP contribution in [-0.4, -0.2) is 15.1 Å². The van der Waals surface area contributed by atoms with Crippen LogP contribution in [0.3, 0.4) is 0 Å². The third-order valence-corrected chi connectivity index (χ3v) is 1.78. The molecule has 0 aliphatic heterocycles. The molecule has 12 heavy (non-hydrogen) atoms. The van der Waals surface area contributed by atoms with Crippen molar-refractivity contribution >= 4 is 10.9 Å². The van der Waals surface area contributed by atoms with Gasteiger partial charge in [-0.05, 0) is 19.1 Å². The van der Waals surface area contributed by atoms with E-state index in [1.165, 1.54) is 0 Å². The molecule has 0 amide bonds.